The molecule has 2 aromatic rings. The molecule has 1 fully saturated rings. The Hall–Kier alpha value is -2.16. The number of fused-ring (bicyclic) bond motifs is 1. The zero-order valence-electron chi connectivity index (χ0n) is 13.3. The molecule has 1 aliphatic heterocycles. The number of rotatable bonds is 1. The van der Waals surface area contributed by atoms with Gasteiger partial charge in [0.25, 0.3) is 5.56 Å². The molecule has 6 nitrogen and oxygen atoms in total. The lowest BCUT2D eigenvalue weighted by Gasteiger charge is -2.23. The van der Waals surface area contributed by atoms with Gasteiger partial charge in [0.15, 0.2) is 0 Å². The van der Waals surface area contributed by atoms with Crippen LogP contribution in [0.2, 0.25) is 0 Å². The Bertz CT molecular complexity index is 908. The van der Waals surface area contributed by atoms with Crippen LogP contribution >= 0.6 is 0 Å². The third-order valence-electron chi connectivity index (χ3n) is 4.49. The Kier molecular flexibility index (Phi) is 3.98. The monoisotopic (exact) mass is 342 g/mol. The summed E-state index contributed by atoms with van der Waals surface area (Å²) < 4.78 is 42.3. The van der Waals surface area contributed by atoms with Crippen LogP contribution in [-0.2, 0) is 20.3 Å². The molecule has 1 aliphatic rings. The molecule has 3 heterocycles. The highest BCUT2D eigenvalue weighted by Gasteiger charge is 2.36. The number of aromatic nitrogens is 3. The summed E-state index contributed by atoms with van der Waals surface area (Å²) in [7, 11) is 2.48. The van der Waals surface area contributed by atoms with Gasteiger partial charge in [-0.3, -0.25) is 13.9 Å². The first-order valence-electron chi connectivity index (χ1n) is 7.60. The molecule has 0 unspecified atom stereocenters. The van der Waals surface area contributed by atoms with Crippen molar-refractivity contribution in [3.8, 4) is 0 Å². The van der Waals surface area contributed by atoms with Gasteiger partial charge in [-0.2, -0.15) is 13.2 Å². The average Bonchev–Trinajstić information content (AvgIpc) is 2.57. The molecule has 130 valence electrons. The van der Waals surface area contributed by atoms with E-state index >= 15 is 0 Å². The Labute approximate surface area is 134 Å². The molecule has 9 heteroatoms. The van der Waals surface area contributed by atoms with E-state index in [0.717, 1.165) is 17.7 Å². The molecule has 0 atom stereocenters. The van der Waals surface area contributed by atoms with Crippen molar-refractivity contribution in [2.75, 3.05) is 13.1 Å². The molecule has 0 bridgehead atoms. The topological polar surface area (TPSA) is 68.9 Å². The molecule has 2 aromatic heterocycles. The van der Waals surface area contributed by atoms with E-state index in [1.165, 1.54) is 7.05 Å². The zero-order chi connectivity index (χ0) is 17.6. The van der Waals surface area contributed by atoms with E-state index in [-0.39, 0.29) is 17.3 Å². The lowest BCUT2D eigenvalue weighted by Crippen LogP contribution is -2.38. The summed E-state index contributed by atoms with van der Waals surface area (Å²) >= 11 is 0. The minimum absolute atomic E-state index is 0.129. The van der Waals surface area contributed by atoms with E-state index in [9.17, 15) is 22.8 Å². The van der Waals surface area contributed by atoms with Crippen molar-refractivity contribution in [1.82, 2.24) is 19.4 Å². The second-order valence-corrected chi connectivity index (χ2v) is 6.02. The predicted molar refractivity (Wildman–Crippen MR) is 82.1 cm³/mol. The van der Waals surface area contributed by atoms with Gasteiger partial charge in [-0.05, 0) is 32.0 Å². The number of aryl methyl sites for hydroxylation is 1. The summed E-state index contributed by atoms with van der Waals surface area (Å²) in [5, 5.41) is 2.58. The summed E-state index contributed by atoms with van der Waals surface area (Å²) in [5.74, 6) is -0.129. The third kappa shape index (κ3) is 2.62. The highest BCUT2D eigenvalue weighted by Crippen LogP contribution is 2.35. The standard InChI is InChI=1S/C15H17F3N4O2/c1-21-12-11(13(23)22(2)14(21)24)9(15(16,17)18)7-10(20-12)8-3-5-19-6-4-8/h7-8,19H,3-6H2,1-2H3. The first-order valence-corrected chi connectivity index (χ1v) is 7.60. The molecule has 0 aliphatic carbocycles. The summed E-state index contributed by atoms with van der Waals surface area (Å²) in [6.07, 6.45) is -3.38. The fourth-order valence-electron chi connectivity index (χ4n) is 3.13. The summed E-state index contributed by atoms with van der Waals surface area (Å²) in [5.41, 5.74) is -2.65. The molecule has 0 aromatic carbocycles. The van der Waals surface area contributed by atoms with E-state index < -0.39 is 28.4 Å². The third-order valence-corrected chi connectivity index (χ3v) is 4.49. The molecule has 3 rings (SSSR count). The molecule has 0 radical (unpaired) electrons. The molecule has 0 spiro atoms. The smallest absolute Gasteiger partial charge is 0.317 e. The number of nitrogens with one attached hydrogen (secondary N) is 1. The van der Waals surface area contributed by atoms with Crippen LogP contribution in [0.4, 0.5) is 13.2 Å². The molecule has 24 heavy (non-hydrogen) atoms. The maximum Gasteiger partial charge on any atom is 0.417 e. The van der Waals surface area contributed by atoms with Gasteiger partial charge in [-0.25, -0.2) is 9.78 Å². The first-order chi connectivity index (χ1) is 11.2. The first kappa shape index (κ1) is 16.7. The van der Waals surface area contributed by atoms with Gasteiger partial charge in [0.1, 0.15) is 5.65 Å². The number of hydrogen-bond acceptors (Lipinski definition) is 4. The van der Waals surface area contributed by atoms with E-state index in [0.29, 0.717) is 30.5 Å². The quantitative estimate of drug-likeness (QED) is 0.843. The van der Waals surface area contributed by atoms with Crippen LogP contribution in [0.3, 0.4) is 0 Å². The molecule has 0 amide bonds. The second kappa shape index (κ2) is 5.73. The lowest BCUT2D eigenvalue weighted by atomic mass is 9.92. The van der Waals surface area contributed by atoms with Gasteiger partial charge >= 0.3 is 11.9 Å². The maximum atomic E-state index is 13.5. The van der Waals surface area contributed by atoms with Crippen molar-refractivity contribution in [2.24, 2.45) is 14.1 Å². The molecular weight excluding hydrogens is 325 g/mol. The molecule has 1 N–H and O–H groups in total. The minimum atomic E-state index is -4.70. The van der Waals surface area contributed by atoms with E-state index in [1.54, 1.807) is 0 Å². The van der Waals surface area contributed by atoms with Gasteiger partial charge in [0.2, 0.25) is 0 Å². The molecular formula is C15H17F3N4O2. The number of nitrogens with zero attached hydrogens (tertiary/aromatic N) is 3. The van der Waals surface area contributed by atoms with Crippen LogP contribution in [0.1, 0.15) is 30.0 Å². The van der Waals surface area contributed by atoms with Crippen molar-refractivity contribution in [3.05, 3.63) is 38.2 Å². The van der Waals surface area contributed by atoms with E-state index in [4.69, 9.17) is 0 Å². The SMILES string of the molecule is Cn1c(=O)c2c(C(F)(F)F)cc(C3CCNCC3)nc2n(C)c1=O. The Morgan fingerprint density at radius 1 is 1.17 bits per heavy atom. The van der Waals surface area contributed by atoms with Crippen LogP contribution in [0, 0.1) is 0 Å². The van der Waals surface area contributed by atoms with Gasteiger partial charge < -0.3 is 5.32 Å². The Balaban J connectivity index is 2.39. The van der Waals surface area contributed by atoms with Crippen molar-refractivity contribution in [3.63, 3.8) is 0 Å². The number of alkyl halides is 3. The van der Waals surface area contributed by atoms with Crippen molar-refractivity contribution in [2.45, 2.75) is 24.9 Å². The maximum absolute atomic E-state index is 13.5. The van der Waals surface area contributed by atoms with Crippen molar-refractivity contribution in [1.29, 1.82) is 0 Å². The minimum Gasteiger partial charge on any atom is -0.317 e. The van der Waals surface area contributed by atoms with Crippen LogP contribution in [0.15, 0.2) is 15.7 Å². The normalized spacial score (nSPS) is 16.7. The van der Waals surface area contributed by atoms with Crippen LogP contribution in [0.5, 0.6) is 0 Å². The van der Waals surface area contributed by atoms with Crippen molar-refractivity contribution < 1.29 is 13.2 Å². The number of hydrogen-bond donors (Lipinski definition) is 1. The molecule has 1 saturated heterocycles. The van der Waals surface area contributed by atoms with Crippen LogP contribution in [-0.4, -0.2) is 27.2 Å². The van der Waals surface area contributed by atoms with Crippen LogP contribution in [0.25, 0.3) is 11.0 Å². The fourth-order valence-corrected chi connectivity index (χ4v) is 3.13. The predicted octanol–water partition coefficient (Wildman–Crippen LogP) is 1.12. The largest absolute Gasteiger partial charge is 0.417 e. The summed E-state index contributed by atoms with van der Waals surface area (Å²) in [6.45, 7) is 1.39. The average molecular weight is 342 g/mol. The zero-order valence-corrected chi connectivity index (χ0v) is 13.3. The highest BCUT2D eigenvalue weighted by atomic mass is 19.4. The van der Waals surface area contributed by atoms with Gasteiger partial charge in [-0.15, -0.1) is 0 Å². The van der Waals surface area contributed by atoms with Crippen molar-refractivity contribution >= 4 is 11.0 Å². The number of halogens is 3. The van der Waals surface area contributed by atoms with Gasteiger partial charge in [0.05, 0.1) is 10.9 Å². The molecule has 0 saturated carbocycles. The van der Waals surface area contributed by atoms with E-state index in [1.807, 2.05) is 0 Å². The van der Waals surface area contributed by atoms with E-state index in [2.05, 4.69) is 10.3 Å². The van der Waals surface area contributed by atoms with Gasteiger partial charge in [-0.1, -0.05) is 0 Å². The second-order valence-electron chi connectivity index (χ2n) is 6.02. The number of piperidine rings is 1. The Morgan fingerprint density at radius 3 is 2.38 bits per heavy atom. The van der Waals surface area contributed by atoms with Crippen LogP contribution < -0.4 is 16.6 Å². The number of pyridine rings is 1. The Morgan fingerprint density at radius 2 is 1.79 bits per heavy atom. The van der Waals surface area contributed by atoms with Gasteiger partial charge in [0, 0.05) is 25.7 Å². The lowest BCUT2D eigenvalue weighted by molar-refractivity contribution is -0.136. The fraction of sp³-hybridized carbons (Fsp3) is 0.533. The summed E-state index contributed by atoms with van der Waals surface area (Å²) in [6, 6.07) is 0.962. The summed E-state index contributed by atoms with van der Waals surface area (Å²) in [4.78, 5) is 28.6. The highest BCUT2D eigenvalue weighted by molar-refractivity contribution is 5.79.